The van der Waals surface area contributed by atoms with Crippen LogP contribution in [0.2, 0.25) is 0 Å². The van der Waals surface area contributed by atoms with Gasteiger partial charge in [0.2, 0.25) is 10.0 Å². The van der Waals surface area contributed by atoms with E-state index in [2.05, 4.69) is 11.6 Å². The highest BCUT2D eigenvalue weighted by Gasteiger charge is 2.15. The lowest BCUT2D eigenvalue weighted by molar-refractivity contribution is 0.0432. The van der Waals surface area contributed by atoms with Crippen LogP contribution in [0.25, 0.3) is 0 Å². The summed E-state index contributed by atoms with van der Waals surface area (Å²) in [6, 6.07) is 9.28. The lowest BCUT2D eigenvalue weighted by Crippen LogP contribution is -2.29. The van der Waals surface area contributed by atoms with Crippen LogP contribution in [0.5, 0.6) is 0 Å². The first-order chi connectivity index (χ1) is 8.03. The Hall–Kier alpha value is -0.910. The number of hydrogen-bond acceptors (Lipinski definition) is 3. The second-order valence-electron chi connectivity index (χ2n) is 3.91. The van der Waals surface area contributed by atoms with E-state index in [1.165, 1.54) is 0 Å². The minimum absolute atomic E-state index is 0.540. The van der Waals surface area contributed by atoms with Gasteiger partial charge >= 0.3 is 0 Å². The largest absolute Gasteiger partial charge is 0.358 e. The summed E-state index contributed by atoms with van der Waals surface area (Å²) in [4.78, 5) is 0. The van der Waals surface area contributed by atoms with Crippen LogP contribution in [0.3, 0.4) is 0 Å². The molecule has 0 aliphatic carbocycles. The molecule has 0 radical (unpaired) electrons. The van der Waals surface area contributed by atoms with Crippen molar-refractivity contribution in [1.82, 2.24) is 4.72 Å². The van der Waals surface area contributed by atoms with Gasteiger partial charge in [0.25, 0.3) is 0 Å². The third-order valence-corrected chi connectivity index (χ3v) is 2.85. The number of hydrogen-bond donors (Lipinski definition) is 1. The summed E-state index contributed by atoms with van der Waals surface area (Å²) in [6.45, 7) is 2.60. The number of unbranched alkanes of at least 4 members (excludes halogenated alkanes) is 1. The van der Waals surface area contributed by atoms with E-state index in [0.717, 1.165) is 24.7 Å². The van der Waals surface area contributed by atoms with Gasteiger partial charge in [-0.05, 0) is 12.0 Å². The Morgan fingerprint density at radius 1 is 1.29 bits per heavy atom. The van der Waals surface area contributed by atoms with E-state index < -0.39 is 16.3 Å². The maximum Gasteiger partial charge on any atom is 0.211 e. The van der Waals surface area contributed by atoms with Gasteiger partial charge < -0.3 is 4.74 Å². The number of benzene rings is 1. The summed E-state index contributed by atoms with van der Waals surface area (Å²) in [5.74, 6) is 0. The molecule has 1 rings (SSSR count). The Morgan fingerprint density at radius 3 is 2.47 bits per heavy atom. The summed E-state index contributed by atoms with van der Waals surface area (Å²) >= 11 is 0. The molecule has 1 aromatic rings. The van der Waals surface area contributed by atoms with Crippen molar-refractivity contribution in [3.05, 3.63) is 35.9 Å². The summed E-state index contributed by atoms with van der Waals surface area (Å²) < 4.78 is 30.5. The minimum Gasteiger partial charge on any atom is -0.358 e. The molecule has 5 heteroatoms. The van der Waals surface area contributed by atoms with E-state index >= 15 is 0 Å². The van der Waals surface area contributed by atoms with Gasteiger partial charge in [0.1, 0.15) is 6.23 Å². The highest BCUT2D eigenvalue weighted by Crippen LogP contribution is 2.15. The zero-order valence-corrected chi connectivity index (χ0v) is 11.0. The van der Waals surface area contributed by atoms with Gasteiger partial charge in [-0.1, -0.05) is 43.7 Å². The summed E-state index contributed by atoms with van der Waals surface area (Å²) in [7, 11) is -3.28. The predicted octanol–water partition coefficient (Wildman–Crippen LogP) is 2.05. The zero-order chi connectivity index (χ0) is 12.7. The number of sulfonamides is 1. The Morgan fingerprint density at radius 2 is 1.94 bits per heavy atom. The molecule has 1 unspecified atom stereocenters. The quantitative estimate of drug-likeness (QED) is 0.601. The molecular weight excluding hydrogens is 238 g/mol. The fraction of sp³-hybridized carbons (Fsp3) is 0.500. The van der Waals surface area contributed by atoms with Crippen LogP contribution in [0.4, 0.5) is 0 Å². The molecule has 96 valence electrons. The standard InChI is InChI=1S/C12H19NO3S/c1-3-4-10-16-12(13-17(2,14)15)11-8-6-5-7-9-11/h5-9,12-13H,3-4,10H2,1-2H3. The first-order valence-corrected chi connectivity index (χ1v) is 7.56. The average molecular weight is 257 g/mol. The predicted molar refractivity (Wildman–Crippen MR) is 68.0 cm³/mol. The molecule has 17 heavy (non-hydrogen) atoms. The first-order valence-electron chi connectivity index (χ1n) is 5.67. The summed E-state index contributed by atoms with van der Waals surface area (Å²) in [5.41, 5.74) is 0.814. The molecule has 0 amide bonds. The maximum absolute atomic E-state index is 11.3. The fourth-order valence-electron chi connectivity index (χ4n) is 1.37. The lowest BCUT2D eigenvalue weighted by atomic mass is 10.2. The number of nitrogens with one attached hydrogen (secondary N) is 1. The van der Waals surface area contributed by atoms with Gasteiger partial charge in [-0.15, -0.1) is 0 Å². The molecular formula is C12H19NO3S. The second-order valence-corrected chi connectivity index (χ2v) is 5.69. The molecule has 4 nitrogen and oxygen atoms in total. The molecule has 0 heterocycles. The van der Waals surface area contributed by atoms with E-state index in [-0.39, 0.29) is 0 Å². The Balaban J connectivity index is 2.72. The topological polar surface area (TPSA) is 55.4 Å². The Bertz CT molecular complexity index is 417. The smallest absolute Gasteiger partial charge is 0.211 e. The molecule has 0 aliphatic rings. The van der Waals surface area contributed by atoms with Crippen LogP contribution in [-0.2, 0) is 14.8 Å². The molecule has 0 aromatic heterocycles. The van der Waals surface area contributed by atoms with Crippen molar-refractivity contribution in [3.63, 3.8) is 0 Å². The van der Waals surface area contributed by atoms with E-state index in [0.29, 0.717) is 6.61 Å². The van der Waals surface area contributed by atoms with Crippen LogP contribution < -0.4 is 4.72 Å². The van der Waals surface area contributed by atoms with Gasteiger partial charge in [-0.2, -0.15) is 4.72 Å². The molecule has 0 fully saturated rings. The minimum atomic E-state index is -3.28. The van der Waals surface area contributed by atoms with E-state index in [4.69, 9.17) is 4.74 Å². The van der Waals surface area contributed by atoms with Gasteiger partial charge in [0, 0.05) is 6.61 Å². The molecule has 0 bridgehead atoms. The number of rotatable bonds is 7. The second kappa shape index (κ2) is 6.74. The van der Waals surface area contributed by atoms with Crippen molar-refractivity contribution in [1.29, 1.82) is 0 Å². The van der Waals surface area contributed by atoms with Crippen molar-refractivity contribution in [2.24, 2.45) is 0 Å². The number of ether oxygens (including phenoxy) is 1. The average Bonchev–Trinajstić information content (AvgIpc) is 2.28. The third kappa shape index (κ3) is 5.81. The Kier molecular flexibility index (Phi) is 5.61. The Labute approximate surface area is 103 Å². The monoisotopic (exact) mass is 257 g/mol. The molecule has 1 atom stereocenters. The summed E-state index contributed by atoms with van der Waals surface area (Å²) in [6.07, 6.45) is 2.46. The van der Waals surface area contributed by atoms with E-state index in [9.17, 15) is 8.42 Å². The van der Waals surface area contributed by atoms with Crippen molar-refractivity contribution in [3.8, 4) is 0 Å². The van der Waals surface area contributed by atoms with Crippen molar-refractivity contribution >= 4 is 10.0 Å². The van der Waals surface area contributed by atoms with Crippen molar-refractivity contribution in [2.75, 3.05) is 12.9 Å². The highest BCUT2D eigenvalue weighted by atomic mass is 32.2. The van der Waals surface area contributed by atoms with Gasteiger partial charge in [0.05, 0.1) is 6.26 Å². The fourth-order valence-corrected chi connectivity index (χ4v) is 1.96. The maximum atomic E-state index is 11.3. The highest BCUT2D eigenvalue weighted by molar-refractivity contribution is 7.88. The van der Waals surface area contributed by atoms with Crippen LogP contribution >= 0.6 is 0 Å². The SMILES string of the molecule is CCCCOC(NS(C)(=O)=O)c1ccccc1. The lowest BCUT2D eigenvalue weighted by Gasteiger charge is -2.18. The molecule has 0 saturated carbocycles. The first kappa shape index (κ1) is 14.2. The summed E-state index contributed by atoms with van der Waals surface area (Å²) in [5, 5.41) is 0. The van der Waals surface area contributed by atoms with Gasteiger partial charge in [-0.25, -0.2) is 8.42 Å². The van der Waals surface area contributed by atoms with E-state index in [1.807, 2.05) is 30.3 Å². The zero-order valence-electron chi connectivity index (χ0n) is 10.2. The van der Waals surface area contributed by atoms with Crippen molar-refractivity contribution < 1.29 is 13.2 Å². The molecule has 0 spiro atoms. The normalized spacial score (nSPS) is 13.5. The third-order valence-electron chi connectivity index (χ3n) is 2.21. The molecule has 0 aliphatic heterocycles. The molecule has 0 saturated heterocycles. The van der Waals surface area contributed by atoms with Gasteiger partial charge in [0.15, 0.2) is 0 Å². The van der Waals surface area contributed by atoms with Crippen molar-refractivity contribution in [2.45, 2.75) is 26.0 Å². The molecule has 1 N–H and O–H groups in total. The molecule has 1 aromatic carbocycles. The van der Waals surface area contributed by atoms with E-state index in [1.54, 1.807) is 0 Å². The van der Waals surface area contributed by atoms with Crippen LogP contribution in [0, 0.1) is 0 Å². The van der Waals surface area contributed by atoms with Crippen LogP contribution in [-0.4, -0.2) is 21.3 Å². The van der Waals surface area contributed by atoms with Crippen LogP contribution in [0.15, 0.2) is 30.3 Å². The van der Waals surface area contributed by atoms with Gasteiger partial charge in [-0.3, -0.25) is 0 Å². The van der Waals surface area contributed by atoms with Crippen LogP contribution in [0.1, 0.15) is 31.6 Å².